The molecule has 4 nitrogen and oxygen atoms in total. The largest absolute Gasteiger partial charge is 0.323 e. The summed E-state index contributed by atoms with van der Waals surface area (Å²) in [5, 5.41) is 3.66. The van der Waals surface area contributed by atoms with E-state index >= 15 is 0 Å². The molecule has 1 heterocycles. The van der Waals surface area contributed by atoms with Crippen LogP contribution >= 0.6 is 0 Å². The van der Waals surface area contributed by atoms with Crippen LogP contribution in [0.5, 0.6) is 0 Å². The Kier molecular flexibility index (Phi) is 3.42. The lowest BCUT2D eigenvalue weighted by molar-refractivity contribution is 0.397. The second-order valence-electron chi connectivity index (χ2n) is 6.24. The summed E-state index contributed by atoms with van der Waals surface area (Å²) in [6.07, 6.45) is 5.33. The van der Waals surface area contributed by atoms with Gasteiger partial charge in [0.15, 0.2) is 0 Å². The normalized spacial score (nSPS) is 18.3. The van der Waals surface area contributed by atoms with Gasteiger partial charge in [-0.05, 0) is 49.3 Å². The molecule has 0 bridgehead atoms. The van der Waals surface area contributed by atoms with E-state index in [1.54, 1.807) is 0 Å². The summed E-state index contributed by atoms with van der Waals surface area (Å²) < 4.78 is 0. The summed E-state index contributed by atoms with van der Waals surface area (Å²) in [6, 6.07) is 6.43. The molecule has 4 heteroatoms. The third-order valence-corrected chi connectivity index (χ3v) is 4.56. The van der Waals surface area contributed by atoms with Gasteiger partial charge in [0.1, 0.15) is 0 Å². The second kappa shape index (κ2) is 5.09. The molecule has 1 aliphatic rings. The van der Waals surface area contributed by atoms with Gasteiger partial charge < -0.3 is 15.3 Å². The van der Waals surface area contributed by atoms with E-state index < -0.39 is 0 Å². The highest BCUT2D eigenvalue weighted by Crippen LogP contribution is 2.49. The molecule has 3 rings (SSSR count). The van der Waals surface area contributed by atoms with Crippen molar-refractivity contribution < 1.29 is 0 Å². The van der Waals surface area contributed by atoms with E-state index in [1.165, 1.54) is 31.2 Å². The SMILES string of the molecule is CCCC1(CNC(C)c2ccc3[nH]c(=O)[nH]c3c2)CC1. The molecular weight excluding hydrogens is 250 g/mol. The number of fused-ring (bicyclic) bond motifs is 1. The Morgan fingerprint density at radius 1 is 1.30 bits per heavy atom. The zero-order valence-corrected chi connectivity index (χ0v) is 12.3. The fraction of sp³-hybridized carbons (Fsp3) is 0.562. The fourth-order valence-electron chi connectivity index (χ4n) is 3.03. The van der Waals surface area contributed by atoms with Crippen LogP contribution in [0.25, 0.3) is 11.0 Å². The molecule has 1 aromatic carbocycles. The van der Waals surface area contributed by atoms with E-state index in [1.807, 2.05) is 6.07 Å². The van der Waals surface area contributed by atoms with Gasteiger partial charge in [0.05, 0.1) is 11.0 Å². The molecule has 1 saturated carbocycles. The lowest BCUT2D eigenvalue weighted by Gasteiger charge is -2.20. The van der Waals surface area contributed by atoms with Crippen LogP contribution in [0.3, 0.4) is 0 Å². The maximum atomic E-state index is 11.3. The van der Waals surface area contributed by atoms with E-state index in [-0.39, 0.29) is 5.69 Å². The summed E-state index contributed by atoms with van der Waals surface area (Å²) in [5.74, 6) is 0. The highest BCUT2D eigenvalue weighted by Gasteiger charge is 2.41. The quantitative estimate of drug-likeness (QED) is 0.757. The maximum Gasteiger partial charge on any atom is 0.323 e. The van der Waals surface area contributed by atoms with Crippen LogP contribution in [0.1, 0.15) is 51.1 Å². The molecule has 2 aromatic rings. The molecule has 20 heavy (non-hydrogen) atoms. The number of aromatic nitrogens is 2. The first kappa shape index (κ1) is 13.4. The Hall–Kier alpha value is -1.55. The van der Waals surface area contributed by atoms with Gasteiger partial charge in [0.25, 0.3) is 0 Å². The number of hydrogen-bond donors (Lipinski definition) is 3. The number of benzene rings is 1. The Bertz CT molecular complexity index is 651. The summed E-state index contributed by atoms with van der Waals surface area (Å²) in [5.41, 5.74) is 3.40. The van der Waals surface area contributed by atoms with E-state index in [4.69, 9.17) is 0 Å². The first-order chi connectivity index (χ1) is 9.62. The molecule has 1 atom stereocenters. The lowest BCUT2D eigenvalue weighted by atomic mass is 9.99. The second-order valence-corrected chi connectivity index (χ2v) is 6.24. The van der Waals surface area contributed by atoms with Crippen LogP contribution in [-0.2, 0) is 0 Å². The lowest BCUT2D eigenvalue weighted by Crippen LogP contribution is -2.26. The monoisotopic (exact) mass is 273 g/mol. The highest BCUT2D eigenvalue weighted by molar-refractivity contribution is 5.75. The number of hydrogen-bond acceptors (Lipinski definition) is 2. The van der Waals surface area contributed by atoms with E-state index in [9.17, 15) is 4.79 Å². The van der Waals surface area contributed by atoms with Crippen molar-refractivity contribution in [2.75, 3.05) is 6.54 Å². The van der Waals surface area contributed by atoms with Gasteiger partial charge in [-0.2, -0.15) is 0 Å². The smallest absolute Gasteiger partial charge is 0.310 e. The van der Waals surface area contributed by atoms with Crippen LogP contribution < -0.4 is 11.0 Å². The number of H-pyrrole nitrogens is 2. The molecule has 1 aromatic heterocycles. The van der Waals surface area contributed by atoms with Crippen molar-refractivity contribution >= 4 is 11.0 Å². The van der Waals surface area contributed by atoms with E-state index in [2.05, 4.69) is 41.3 Å². The number of aromatic amines is 2. The molecule has 0 spiro atoms. The number of nitrogens with one attached hydrogen (secondary N) is 3. The first-order valence-electron chi connectivity index (χ1n) is 7.57. The summed E-state index contributed by atoms with van der Waals surface area (Å²) in [7, 11) is 0. The van der Waals surface area contributed by atoms with Crippen LogP contribution in [0, 0.1) is 5.41 Å². The van der Waals surface area contributed by atoms with Crippen LogP contribution in [-0.4, -0.2) is 16.5 Å². The van der Waals surface area contributed by atoms with Crippen molar-refractivity contribution in [3.63, 3.8) is 0 Å². The van der Waals surface area contributed by atoms with Crippen molar-refractivity contribution in [3.05, 3.63) is 34.2 Å². The predicted molar refractivity (Wildman–Crippen MR) is 81.9 cm³/mol. The Morgan fingerprint density at radius 2 is 2.05 bits per heavy atom. The third-order valence-electron chi connectivity index (χ3n) is 4.56. The molecule has 0 aliphatic heterocycles. The van der Waals surface area contributed by atoms with Gasteiger partial charge in [-0.25, -0.2) is 4.79 Å². The van der Waals surface area contributed by atoms with Crippen molar-refractivity contribution in [1.29, 1.82) is 0 Å². The van der Waals surface area contributed by atoms with E-state index in [0.717, 1.165) is 17.6 Å². The van der Waals surface area contributed by atoms with Crippen LogP contribution in [0.4, 0.5) is 0 Å². The molecular formula is C16H23N3O. The first-order valence-corrected chi connectivity index (χ1v) is 7.57. The zero-order valence-electron chi connectivity index (χ0n) is 12.3. The minimum Gasteiger partial charge on any atom is -0.310 e. The molecule has 1 aliphatic carbocycles. The minimum absolute atomic E-state index is 0.141. The number of imidazole rings is 1. The van der Waals surface area contributed by atoms with Crippen molar-refractivity contribution in [2.45, 2.75) is 45.6 Å². The van der Waals surface area contributed by atoms with Gasteiger partial charge in [0, 0.05) is 12.6 Å². The summed E-state index contributed by atoms with van der Waals surface area (Å²) >= 11 is 0. The molecule has 0 radical (unpaired) electrons. The van der Waals surface area contributed by atoms with Gasteiger partial charge in [-0.3, -0.25) is 0 Å². The Labute approximate surface area is 119 Å². The average Bonchev–Trinajstić information content (AvgIpc) is 3.08. The van der Waals surface area contributed by atoms with Gasteiger partial charge in [-0.1, -0.05) is 19.4 Å². The predicted octanol–water partition coefficient (Wildman–Crippen LogP) is 3.09. The standard InChI is InChI=1S/C16H23N3O/c1-3-6-16(7-8-16)10-17-11(2)12-4-5-13-14(9-12)19-15(20)18-13/h4-5,9,11,17H,3,6-8,10H2,1-2H3,(H2,18,19,20). The maximum absolute atomic E-state index is 11.3. The molecule has 108 valence electrons. The summed E-state index contributed by atoms with van der Waals surface area (Å²) in [4.78, 5) is 16.9. The highest BCUT2D eigenvalue weighted by atomic mass is 16.1. The zero-order chi connectivity index (χ0) is 14.2. The van der Waals surface area contributed by atoms with Crippen molar-refractivity contribution in [1.82, 2.24) is 15.3 Å². The fourth-order valence-corrected chi connectivity index (χ4v) is 3.03. The van der Waals surface area contributed by atoms with Crippen LogP contribution in [0.2, 0.25) is 0 Å². The van der Waals surface area contributed by atoms with Gasteiger partial charge >= 0.3 is 5.69 Å². The minimum atomic E-state index is -0.141. The van der Waals surface area contributed by atoms with Gasteiger partial charge in [0.2, 0.25) is 0 Å². The average molecular weight is 273 g/mol. The topological polar surface area (TPSA) is 60.7 Å². The Balaban J connectivity index is 1.69. The molecule has 1 unspecified atom stereocenters. The molecule has 0 amide bonds. The van der Waals surface area contributed by atoms with Crippen molar-refractivity contribution in [2.24, 2.45) is 5.41 Å². The molecule has 0 saturated heterocycles. The van der Waals surface area contributed by atoms with Gasteiger partial charge in [-0.15, -0.1) is 0 Å². The van der Waals surface area contributed by atoms with Crippen molar-refractivity contribution in [3.8, 4) is 0 Å². The molecule has 1 fully saturated rings. The van der Waals surface area contributed by atoms with E-state index in [0.29, 0.717) is 11.5 Å². The van der Waals surface area contributed by atoms with Crippen LogP contribution in [0.15, 0.2) is 23.0 Å². The molecule has 3 N–H and O–H groups in total. The summed E-state index contributed by atoms with van der Waals surface area (Å²) in [6.45, 7) is 5.55. The third kappa shape index (κ3) is 2.66. The number of rotatable bonds is 6. The Morgan fingerprint density at radius 3 is 2.75 bits per heavy atom.